The number of anilines is 3. The van der Waals surface area contributed by atoms with Crippen molar-refractivity contribution >= 4 is 43.4 Å². The summed E-state index contributed by atoms with van der Waals surface area (Å²) in [6.45, 7) is 34.9. The van der Waals surface area contributed by atoms with Crippen LogP contribution in [0, 0.1) is 41.5 Å². The Morgan fingerprint density at radius 3 is 1.07 bits per heavy atom. The minimum Gasteiger partial charge on any atom is -0.497 e. The van der Waals surface area contributed by atoms with Gasteiger partial charge < -0.3 is 14.4 Å². The Bertz CT molecular complexity index is 2390. The number of rotatable bonds is 9. The maximum absolute atomic E-state index is 5.64. The smallest absolute Gasteiger partial charge is 0.119 e. The van der Waals surface area contributed by atoms with Crippen molar-refractivity contribution in [2.24, 2.45) is 0 Å². The molecule has 0 heterocycles. The summed E-state index contributed by atoms with van der Waals surface area (Å²) in [7, 11) is 5.94. The van der Waals surface area contributed by atoms with E-state index in [0.717, 1.165) is 28.6 Å². The number of benzene rings is 6. The normalized spacial score (nSPS) is 12.3. The first kappa shape index (κ1) is 45.8. The molecular weight excluding hydrogens is 781 g/mol. The van der Waals surface area contributed by atoms with E-state index in [4.69, 9.17) is 9.47 Å². The van der Waals surface area contributed by atoms with Gasteiger partial charge in [0.05, 0.1) is 14.2 Å². The highest BCUT2D eigenvalue weighted by atomic mass is 31.7. The minimum absolute atomic E-state index is 0.0317. The molecule has 0 atom stereocenters. The summed E-state index contributed by atoms with van der Waals surface area (Å²) in [6.07, 6.45) is 0. The van der Waals surface area contributed by atoms with E-state index in [-0.39, 0.29) is 16.2 Å². The molecule has 0 aromatic heterocycles. The molecule has 0 aliphatic carbocycles. The summed E-state index contributed by atoms with van der Waals surface area (Å²) in [5.41, 5.74) is 20.2. The van der Waals surface area contributed by atoms with E-state index < -0.39 is 0 Å². The van der Waals surface area contributed by atoms with Crippen molar-refractivity contribution in [2.45, 2.75) is 120 Å². The van der Waals surface area contributed by atoms with Gasteiger partial charge in [-0.1, -0.05) is 110 Å². The van der Waals surface area contributed by atoms with Gasteiger partial charge in [-0.05, 0) is 195 Å². The van der Waals surface area contributed by atoms with Crippen LogP contribution in [0.15, 0.2) is 97.1 Å². The highest BCUT2D eigenvalue weighted by molar-refractivity contribution is 7.91. The molecule has 6 aromatic rings. The molecule has 6 aromatic carbocycles. The van der Waals surface area contributed by atoms with E-state index in [1.807, 2.05) is 24.3 Å². The molecule has 61 heavy (non-hydrogen) atoms. The molecular formula is C56H67NO2P2. The van der Waals surface area contributed by atoms with Gasteiger partial charge in [0.25, 0.3) is 0 Å². The minimum atomic E-state index is -0.0415. The third kappa shape index (κ3) is 9.86. The van der Waals surface area contributed by atoms with E-state index in [1.165, 1.54) is 98.7 Å². The van der Waals surface area contributed by atoms with Crippen molar-refractivity contribution in [3.05, 3.63) is 147 Å². The first-order valence-electron chi connectivity index (χ1n) is 21.6. The summed E-state index contributed by atoms with van der Waals surface area (Å²) in [5, 5.41) is 2.79. The van der Waals surface area contributed by atoms with Crippen molar-refractivity contribution in [2.75, 3.05) is 19.1 Å². The molecule has 0 unspecified atom stereocenters. The van der Waals surface area contributed by atoms with Gasteiger partial charge in [-0.2, -0.15) is 0 Å². The molecule has 3 nitrogen and oxygen atoms in total. The first-order valence-corrected chi connectivity index (χ1v) is 24.0. The first-order chi connectivity index (χ1) is 28.5. The SMILES string of the molecule is COc1ccc(N(c2ccc(OC)cc2)c2cc(-c3c(C)cc(C)cc3C)c(P=Pc3c(C(C)(C)C)cc(C(C)(C)C)cc3C(C)(C)C)c(-c3c(C)cc(C)cc3C)c2)cc1. The van der Waals surface area contributed by atoms with Crippen molar-refractivity contribution in [1.82, 2.24) is 0 Å². The molecule has 0 bridgehead atoms. The lowest BCUT2D eigenvalue weighted by Gasteiger charge is -2.32. The predicted octanol–water partition coefficient (Wildman–Crippen LogP) is 16.0. The number of hydrogen-bond acceptors (Lipinski definition) is 3. The number of aryl methyl sites for hydroxylation is 6. The average molecular weight is 848 g/mol. The van der Waals surface area contributed by atoms with Crippen LogP contribution in [0.3, 0.4) is 0 Å². The Kier molecular flexibility index (Phi) is 13.2. The lowest BCUT2D eigenvalue weighted by molar-refractivity contribution is 0.415. The van der Waals surface area contributed by atoms with Crippen LogP contribution in [0.5, 0.6) is 11.5 Å². The van der Waals surface area contributed by atoms with Crippen molar-refractivity contribution < 1.29 is 9.47 Å². The van der Waals surface area contributed by atoms with Crippen molar-refractivity contribution in [1.29, 1.82) is 0 Å². The zero-order chi connectivity index (χ0) is 44.8. The van der Waals surface area contributed by atoms with Gasteiger partial charge in [-0.15, -0.1) is 0 Å². The van der Waals surface area contributed by atoms with Gasteiger partial charge in [-0.3, -0.25) is 0 Å². The van der Waals surface area contributed by atoms with Gasteiger partial charge in [0, 0.05) is 27.7 Å². The van der Waals surface area contributed by atoms with Crippen LogP contribution in [0.1, 0.15) is 112 Å². The van der Waals surface area contributed by atoms with Crippen molar-refractivity contribution in [3.63, 3.8) is 0 Å². The van der Waals surface area contributed by atoms with Crippen LogP contribution in [0.25, 0.3) is 22.3 Å². The summed E-state index contributed by atoms with van der Waals surface area (Å²) in [4.78, 5) is 2.38. The molecule has 0 N–H and O–H groups in total. The fourth-order valence-electron chi connectivity index (χ4n) is 8.78. The molecule has 0 saturated carbocycles. The highest BCUT2D eigenvalue weighted by Crippen LogP contribution is 2.45. The second kappa shape index (κ2) is 17.6. The van der Waals surface area contributed by atoms with Gasteiger partial charge in [0.15, 0.2) is 0 Å². The Morgan fingerprint density at radius 2 is 0.754 bits per heavy atom. The zero-order valence-corrected chi connectivity index (χ0v) is 41.7. The Morgan fingerprint density at radius 1 is 0.410 bits per heavy atom. The summed E-state index contributed by atoms with van der Waals surface area (Å²) in [6, 6.07) is 36.1. The molecule has 0 aliphatic heterocycles. The van der Waals surface area contributed by atoms with Crippen LogP contribution in [-0.4, -0.2) is 14.2 Å². The summed E-state index contributed by atoms with van der Waals surface area (Å²) >= 11 is 0. The molecule has 0 spiro atoms. The van der Waals surface area contributed by atoms with Crippen LogP contribution in [0.4, 0.5) is 17.1 Å². The Balaban J connectivity index is 1.81. The fourth-order valence-corrected chi connectivity index (χ4v) is 12.5. The van der Waals surface area contributed by atoms with Crippen LogP contribution in [0.2, 0.25) is 0 Å². The summed E-state index contributed by atoms with van der Waals surface area (Å²) < 4.78 is 11.3. The predicted molar refractivity (Wildman–Crippen MR) is 269 cm³/mol. The largest absolute Gasteiger partial charge is 0.497 e. The van der Waals surface area contributed by atoms with Crippen LogP contribution in [-0.2, 0) is 16.2 Å². The highest BCUT2D eigenvalue weighted by Gasteiger charge is 2.30. The van der Waals surface area contributed by atoms with Crippen LogP contribution < -0.4 is 25.0 Å². The Labute approximate surface area is 371 Å². The molecule has 0 amide bonds. The maximum Gasteiger partial charge on any atom is 0.119 e. The quantitative estimate of drug-likeness (QED) is 0.135. The molecule has 0 radical (unpaired) electrons. The Hall–Kier alpha value is -4.68. The molecule has 0 aliphatic rings. The van der Waals surface area contributed by atoms with E-state index in [0.29, 0.717) is 0 Å². The zero-order valence-electron chi connectivity index (χ0n) is 39.9. The standard InChI is InChI=1S/C56H67NO2P2/c1-34-26-36(3)50(37(4)27-34)46-32-43(57(41-18-22-44(58-16)23-19-41)42-20-24-45(59-17)25-21-42)33-47(51-38(5)28-35(2)29-39(51)6)52(46)60-61-53-48(55(10,11)12)30-40(54(7,8)9)31-49(53)56(13,14)15/h18-33H,1-17H3. The number of nitrogens with zero attached hydrogens (tertiary/aromatic N) is 1. The van der Waals surface area contributed by atoms with Gasteiger partial charge >= 0.3 is 0 Å². The van der Waals surface area contributed by atoms with Crippen molar-refractivity contribution in [3.8, 4) is 33.8 Å². The number of ether oxygens (including phenoxy) is 2. The lowest BCUT2D eigenvalue weighted by atomic mass is 9.75. The maximum atomic E-state index is 5.64. The van der Waals surface area contributed by atoms with E-state index in [2.05, 4.69) is 182 Å². The number of methoxy groups -OCH3 is 2. The second-order valence-electron chi connectivity index (χ2n) is 20.0. The van der Waals surface area contributed by atoms with E-state index >= 15 is 0 Å². The third-order valence-electron chi connectivity index (χ3n) is 11.7. The van der Waals surface area contributed by atoms with Crippen LogP contribution >= 0.6 is 15.7 Å². The van der Waals surface area contributed by atoms with Gasteiger partial charge in [0.1, 0.15) is 11.5 Å². The molecule has 0 fully saturated rings. The van der Waals surface area contributed by atoms with E-state index in [1.54, 1.807) is 14.2 Å². The molecule has 0 saturated heterocycles. The molecule has 318 valence electrons. The van der Waals surface area contributed by atoms with Gasteiger partial charge in [0.2, 0.25) is 0 Å². The fraction of sp³-hybridized carbons (Fsp3) is 0.357. The monoisotopic (exact) mass is 847 g/mol. The molecule has 5 heteroatoms. The lowest BCUT2D eigenvalue weighted by Crippen LogP contribution is -2.29. The average Bonchev–Trinajstić information content (AvgIpc) is 3.16. The second-order valence-corrected chi connectivity index (χ2v) is 22.5. The molecule has 6 rings (SSSR count). The van der Waals surface area contributed by atoms with Gasteiger partial charge in [-0.25, -0.2) is 0 Å². The topological polar surface area (TPSA) is 21.7 Å². The summed E-state index contributed by atoms with van der Waals surface area (Å²) in [5.74, 6) is 1.65. The number of hydrogen-bond donors (Lipinski definition) is 0. The third-order valence-corrected chi connectivity index (χ3v) is 14.7. The van der Waals surface area contributed by atoms with E-state index in [9.17, 15) is 0 Å².